The molecule has 0 amide bonds. The summed E-state index contributed by atoms with van der Waals surface area (Å²) in [5, 5.41) is 0. The highest BCUT2D eigenvalue weighted by Crippen LogP contribution is 2.26. The fourth-order valence-corrected chi connectivity index (χ4v) is 1.56. The SMILES string of the molecule is CN(c1cncc(C=O)n1)C1CCC1. The van der Waals surface area contributed by atoms with Gasteiger partial charge in [-0.2, -0.15) is 0 Å². The second-order valence-electron chi connectivity index (χ2n) is 3.62. The van der Waals surface area contributed by atoms with E-state index in [0.717, 1.165) is 12.1 Å². The van der Waals surface area contributed by atoms with E-state index in [1.54, 1.807) is 6.20 Å². The third-order valence-electron chi connectivity index (χ3n) is 2.74. The zero-order valence-electron chi connectivity index (χ0n) is 8.18. The lowest BCUT2D eigenvalue weighted by Gasteiger charge is -2.35. The van der Waals surface area contributed by atoms with Crippen LogP contribution >= 0.6 is 0 Å². The van der Waals surface area contributed by atoms with E-state index < -0.39 is 0 Å². The van der Waals surface area contributed by atoms with E-state index in [0.29, 0.717) is 11.7 Å². The van der Waals surface area contributed by atoms with Crippen LogP contribution in [0.4, 0.5) is 5.82 Å². The van der Waals surface area contributed by atoms with Crippen molar-refractivity contribution < 1.29 is 4.79 Å². The van der Waals surface area contributed by atoms with Gasteiger partial charge in [-0.1, -0.05) is 0 Å². The van der Waals surface area contributed by atoms with Crippen LogP contribution < -0.4 is 4.90 Å². The fraction of sp³-hybridized carbons (Fsp3) is 0.500. The highest BCUT2D eigenvalue weighted by Gasteiger charge is 2.23. The molecule has 74 valence electrons. The van der Waals surface area contributed by atoms with Gasteiger partial charge in [0.15, 0.2) is 6.29 Å². The topological polar surface area (TPSA) is 46.1 Å². The number of anilines is 1. The molecule has 4 heteroatoms. The Kier molecular flexibility index (Phi) is 2.43. The first-order valence-electron chi connectivity index (χ1n) is 4.81. The first-order chi connectivity index (χ1) is 6.81. The number of hydrogen-bond acceptors (Lipinski definition) is 4. The van der Waals surface area contributed by atoms with E-state index in [4.69, 9.17) is 0 Å². The molecule has 0 bridgehead atoms. The number of rotatable bonds is 3. The van der Waals surface area contributed by atoms with Gasteiger partial charge in [-0.05, 0) is 19.3 Å². The highest BCUT2D eigenvalue weighted by atomic mass is 16.1. The summed E-state index contributed by atoms with van der Waals surface area (Å²) in [7, 11) is 2.00. The minimum atomic E-state index is 0.397. The van der Waals surface area contributed by atoms with Gasteiger partial charge in [-0.15, -0.1) is 0 Å². The Morgan fingerprint density at radius 2 is 2.29 bits per heavy atom. The molecule has 0 spiro atoms. The number of nitrogens with zero attached hydrogens (tertiary/aromatic N) is 3. The lowest BCUT2D eigenvalue weighted by Crippen LogP contribution is -2.37. The van der Waals surface area contributed by atoms with Gasteiger partial charge in [0, 0.05) is 13.1 Å². The first-order valence-corrected chi connectivity index (χ1v) is 4.81. The van der Waals surface area contributed by atoms with Gasteiger partial charge in [-0.3, -0.25) is 9.78 Å². The summed E-state index contributed by atoms with van der Waals surface area (Å²) in [5.74, 6) is 0.791. The second-order valence-corrected chi connectivity index (χ2v) is 3.62. The second kappa shape index (κ2) is 3.74. The average molecular weight is 191 g/mol. The van der Waals surface area contributed by atoms with Crippen molar-refractivity contribution in [1.82, 2.24) is 9.97 Å². The summed E-state index contributed by atoms with van der Waals surface area (Å²) in [6.45, 7) is 0. The molecule has 1 aliphatic rings. The molecule has 1 fully saturated rings. The maximum Gasteiger partial charge on any atom is 0.170 e. The van der Waals surface area contributed by atoms with Crippen LogP contribution in [0.25, 0.3) is 0 Å². The number of carbonyl (C=O) groups is 1. The maximum absolute atomic E-state index is 10.5. The van der Waals surface area contributed by atoms with Gasteiger partial charge in [0.2, 0.25) is 0 Å². The highest BCUT2D eigenvalue weighted by molar-refractivity contribution is 5.71. The summed E-state index contributed by atoms with van der Waals surface area (Å²) in [6.07, 6.45) is 7.62. The molecule has 4 nitrogen and oxygen atoms in total. The standard InChI is InChI=1S/C10H13N3O/c1-13(9-3-2-4-9)10-6-11-5-8(7-14)12-10/h5-7,9H,2-4H2,1H3. The molecule has 0 aromatic carbocycles. The van der Waals surface area contributed by atoms with Crippen LogP contribution in [0.15, 0.2) is 12.4 Å². The zero-order chi connectivity index (χ0) is 9.97. The normalized spacial score (nSPS) is 16.1. The lowest BCUT2D eigenvalue weighted by atomic mass is 9.92. The molecule has 1 aromatic rings. The molecule has 0 saturated heterocycles. The Morgan fingerprint density at radius 1 is 1.50 bits per heavy atom. The number of hydrogen-bond donors (Lipinski definition) is 0. The van der Waals surface area contributed by atoms with Crippen molar-refractivity contribution in [2.45, 2.75) is 25.3 Å². The zero-order valence-corrected chi connectivity index (χ0v) is 8.18. The van der Waals surface area contributed by atoms with Crippen LogP contribution in [-0.2, 0) is 0 Å². The molecule has 1 saturated carbocycles. The average Bonchev–Trinajstić information content (AvgIpc) is 2.15. The van der Waals surface area contributed by atoms with Crippen molar-refractivity contribution in [2.24, 2.45) is 0 Å². The van der Waals surface area contributed by atoms with Crippen LogP contribution in [0.1, 0.15) is 29.8 Å². The minimum absolute atomic E-state index is 0.397. The van der Waals surface area contributed by atoms with Gasteiger partial charge in [0.25, 0.3) is 0 Å². The third kappa shape index (κ3) is 1.60. The monoisotopic (exact) mass is 191 g/mol. The molecule has 0 radical (unpaired) electrons. The van der Waals surface area contributed by atoms with Gasteiger partial charge in [0.1, 0.15) is 11.5 Å². The Hall–Kier alpha value is -1.45. The molecular formula is C10H13N3O. The molecule has 0 unspecified atom stereocenters. The van der Waals surface area contributed by atoms with E-state index >= 15 is 0 Å². The predicted molar refractivity (Wildman–Crippen MR) is 53.5 cm³/mol. The van der Waals surface area contributed by atoms with Gasteiger partial charge < -0.3 is 4.90 Å². The van der Waals surface area contributed by atoms with Crippen LogP contribution in [0, 0.1) is 0 Å². The summed E-state index contributed by atoms with van der Waals surface area (Å²) in [4.78, 5) is 20.8. The number of carbonyl (C=O) groups excluding carboxylic acids is 1. The third-order valence-corrected chi connectivity index (χ3v) is 2.74. The molecule has 1 aliphatic carbocycles. The number of aldehydes is 1. The van der Waals surface area contributed by atoms with Crippen molar-refractivity contribution in [3.63, 3.8) is 0 Å². The lowest BCUT2D eigenvalue weighted by molar-refractivity contribution is 0.111. The Balaban J connectivity index is 2.17. The van der Waals surface area contributed by atoms with Crippen LogP contribution in [-0.4, -0.2) is 29.3 Å². The van der Waals surface area contributed by atoms with Crippen molar-refractivity contribution in [3.05, 3.63) is 18.1 Å². The van der Waals surface area contributed by atoms with E-state index in [1.807, 2.05) is 7.05 Å². The quantitative estimate of drug-likeness (QED) is 0.675. The summed E-state index contributed by atoms with van der Waals surface area (Å²) in [6, 6.07) is 0.575. The first kappa shape index (κ1) is 9.12. The van der Waals surface area contributed by atoms with E-state index in [9.17, 15) is 4.79 Å². The smallest absolute Gasteiger partial charge is 0.170 e. The van der Waals surface area contributed by atoms with Gasteiger partial charge >= 0.3 is 0 Å². The molecule has 2 rings (SSSR count). The van der Waals surface area contributed by atoms with E-state index in [-0.39, 0.29) is 0 Å². The Labute approximate surface area is 83.0 Å². The van der Waals surface area contributed by atoms with E-state index in [1.165, 1.54) is 25.5 Å². The van der Waals surface area contributed by atoms with Crippen molar-refractivity contribution in [3.8, 4) is 0 Å². The summed E-state index contributed by atoms with van der Waals surface area (Å²) >= 11 is 0. The molecule has 1 heterocycles. The predicted octanol–water partition coefficient (Wildman–Crippen LogP) is 1.28. The minimum Gasteiger partial charge on any atom is -0.355 e. The summed E-state index contributed by atoms with van der Waals surface area (Å²) in [5.41, 5.74) is 0.397. The van der Waals surface area contributed by atoms with Crippen molar-refractivity contribution in [2.75, 3.05) is 11.9 Å². The fourth-order valence-electron chi connectivity index (χ4n) is 1.56. The Bertz CT molecular complexity index is 336. The van der Waals surface area contributed by atoms with Crippen molar-refractivity contribution in [1.29, 1.82) is 0 Å². The molecule has 0 aliphatic heterocycles. The largest absolute Gasteiger partial charge is 0.355 e. The molecule has 1 aromatic heterocycles. The van der Waals surface area contributed by atoms with Crippen LogP contribution in [0.2, 0.25) is 0 Å². The summed E-state index contributed by atoms with van der Waals surface area (Å²) < 4.78 is 0. The maximum atomic E-state index is 10.5. The molecule has 0 atom stereocenters. The molecular weight excluding hydrogens is 178 g/mol. The van der Waals surface area contributed by atoms with Crippen LogP contribution in [0.3, 0.4) is 0 Å². The number of aromatic nitrogens is 2. The van der Waals surface area contributed by atoms with Crippen molar-refractivity contribution >= 4 is 12.1 Å². The Morgan fingerprint density at radius 3 is 2.86 bits per heavy atom. The van der Waals surface area contributed by atoms with Crippen LogP contribution in [0.5, 0.6) is 0 Å². The van der Waals surface area contributed by atoms with E-state index in [2.05, 4.69) is 14.9 Å². The van der Waals surface area contributed by atoms with Gasteiger partial charge in [-0.25, -0.2) is 4.98 Å². The van der Waals surface area contributed by atoms with Gasteiger partial charge in [0.05, 0.1) is 12.4 Å². The molecule has 0 N–H and O–H groups in total. The molecule has 14 heavy (non-hydrogen) atoms.